The maximum atomic E-state index is 12.7. The predicted octanol–water partition coefficient (Wildman–Crippen LogP) is 1.33. The van der Waals surface area contributed by atoms with Gasteiger partial charge in [0.05, 0.1) is 11.6 Å². The molecule has 0 bridgehead atoms. The average Bonchev–Trinajstić information content (AvgIpc) is 2.46. The minimum absolute atomic E-state index is 0.0803. The van der Waals surface area contributed by atoms with E-state index < -0.39 is 10.0 Å². The normalized spacial score (nSPS) is 21.1. The Kier molecular flexibility index (Phi) is 5.04. The first-order valence-electron chi connectivity index (χ1n) is 6.62. The van der Waals surface area contributed by atoms with Crippen molar-refractivity contribution in [3.8, 4) is 0 Å². The number of piperidine rings is 1. The minimum atomic E-state index is -3.68. The van der Waals surface area contributed by atoms with Gasteiger partial charge in [0, 0.05) is 19.1 Å². The van der Waals surface area contributed by atoms with Gasteiger partial charge in [0.15, 0.2) is 0 Å². The lowest BCUT2D eigenvalue weighted by molar-refractivity contribution is 0.155. The number of nitrogens with two attached hydrogens (primary N) is 1. The second kappa shape index (κ2) is 6.41. The van der Waals surface area contributed by atoms with E-state index in [1.807, 2.05) is 0 Å². The summed E-state index contributed by atoms with van der Waals surface area (Å²) in [4.78, 5) is 0.0803. The van der Waals surface area contributed by atoms with Gasteiger partial charge < -0.3 is 10.8 Å². The van der Waals surface area contributed by atoms with Gasteiger partial charge in [-0.15, -0.1) is 0 Å². The summed E-state index contributed by atoms with van der Waals surface area (Å²) in [6.07, 6.45) is 2.40. The molecule has 1 fully saturated rings. The van der Waals surface area contributed by atoms with Gasteiger partial charge in [-0.05, 0) is 30.5 Å². The molecule has 0 saturated carbocycles. The van der Waals surface area contributed by atoms with Crippen LogP contribution in [0.3, 0.4) is 0 Å². The quantitative estimate of drug-likeness (QED) is 0.877. The SMILES string of the molecule is NCc1ccc(S(=O)(=O)N2CCCCC2CO)c(Cl)c1. The van der Waals surface area contributed by atoms with E-state index in [1.165, 1.54) is 10.4 Å². The Morgan fingerprint density at radius 3 is 2.75 bits per heavy atom. The molecule has 0 amide bonds. The summed E-state index contributed by atoms with van der Waals surface area (Å²) in [6.45, 7) is 0.559. The van der Waals surface area contributed by atoms with Gasteiger partial charge in [0.1, 0.15) is 4.90 Å². The molecule has 1 aromatic carbocycles. The molecular weight excluding hydrogens is 300 g/mol. The molecule has 5 nitrogen and oxygen atoms in total. The van der Waals surface area contributed by atoms with Crippen LogP contribution in [-0.4, -0.2) is 37.0 Å². The summed E-state index contributed by atoms with van der Waals surface area (Å²) >= 11 is 6.08. The van der Waals surface area contributed by atoms with Crippen LogP contribution >= 0.6 is 11.6 Å². The fourth-order valence-corrected chi connectivity index (χ4v) is 4.71. The summed E-state index contributed by atoms with van der Waals surface area (Å²) < 4.78 is 26.7. The van der Waals surface area contributed by atoms with Crippen LogP contribution < -0.4 is 5.73 Å². The number of sulfonamides is 1. The molecule has 7 heteroatoms. The van der Waals surface area contributed by atoms with E-state index in [0.717, 1.165) is 18.4 Å². The van der Waals surface area contributed by atoms with Crippen molar-refractivity contribution >= 4 is 21.6 Å². The number of aliphatic hydroxyl groups excluding tert-OH is 1. The van der Waals surface area contributed by atoms with E-state index in [2.05, 4.69) is 0 Å². The monoisotopic (exact) mass is 318 g/mol. The molecule has 3 N–H and O–H groups in total. The fraction of sp³-hybridized carbons (Fsp3) is 0.538. The van der Waals surface area contributed by atoms with Crippen molar-refractivity contribution < 1.29 is 13.5 Å². The van der Waals surface area contributed by atoms with Gasteiger partial charge in [-0.1, -0.05) is 24.1 Å². The van der Waals surface area contributed by atoms with E-state index in [-0.39, 0.29) is 22.6 Å². The Balaban J connectivity index is 2.38. The van der Waals surface area contributed by atoms with Crippen molar-refractivity contribution in [3.05, 3.63) is 28.8 Å². The number of halogens is 1. The van der Waals surface area contributed by atoms with Gasteiger partial charge in [-0.25, -0.2) is 8.42 Å². The van der Waals surface area contributed by atoms with Crippen LogP contribution in [0.4, 0.5) is 0 Å². The molecule has 1 aromatic rings. The first kappa shape index (κ1) is 15.7. The van der Waals surface area contributed by atoms with E-state index in [9.17, 15) is 13.5 Å². The third kappa shape index (κ3) is 2.99. The van der Waals surface area contributed by atoms with Gasteiger partial charge in [-0.3, -0.25) is 0 Å². The zero-order valence-corrected chi connectivity index (χ0v) is 12.7. The summed E-state index contributed by atoms with van der Waals surface area (Å²) in [5, 5.41) is 9.54. The number of rotatable bonds is 4. The third-order valence-corrected chi connectivity index (χ3v) is 6.04. The molecule has 1 atom stereocenters. The van der Waals surface area contributed by atoms with Crippen LogP contribution in [-0.2, 0) is 16.6 Å². The number of nitrogens with zero attached hydrogens (tertiary/aromatic N) is 1. The Hall–Kier alpha value is -0.660. The fourth-order valence-electron chi connectivity index (χ4n) is 2.48. The molecular formula is C13H19ClN2O3S. The van der Waals surface area contributed by atoms with Gasteiger partial charge in [0.25, 0.3) is 0 Å². The summed E-state index contributed by atoms with van der Waals surface area (Å²) in [7, 11) is -3.68. The average molecular weight is 319 g/mol. The molecule has 20 heavy (non-hydrogen) atoms. The highest BCUT2D eigenvalue weighted by atomic mass is 35.5. The minimum Gasteiger partial charge on any atom is -0.395 e. The molecule has 1 aliphatic rings. The maximum Gasteiger partial charge on any atom is 0.244 e. The zero-order chi connectivity index (χ0) is 14.8. The number of aliphatic hydroxyl groups is 1. The van der Waals surface area contributed by atoms with Crippen LogP contribution in [0.15, 0.2) is 23.1 Å². The number of benzene rings is 1. The topological polar surface area (TPSA) is 83.6 Å². The third-order valence-electron chi connectivity index (χ3n) is 3.60. The molecule has 1 saturated heterocycles. The molecule has 1 heterocycles. The molecule has 0 aliphatic carbocycles. The maximum absolute atomic E-state index is 12.7. The predicted molar refractivity (Wildman–Crippen MR) is 78.0 cm³/mol. The van der Waals surface area contributed by atoms with Crippen LogP contribution in [0.5, 0.6) is 0 Å². The standard InChI is InChI=1S/C13H19ClN2O3S/c14-12-7-10(8-15)4-5-13(12)20(18,19)16-6-2-1-3-11(16)9-17/h4-5,7,11,17H,1-3,6,8-9,15H2. The Bertz CT molecular complexity index is 577. The number of hydrogen-bond donors (Lipinski definition) is 2. The van der Waals surface area contributed by atoms with Crippen molar-refractivity contribution in [1.29, 1.82) is 0 Å². The Morgan fingerprint density at radius 2 is 2.15 bits per heavy atom. The van der Waals surface area contributed by atoms with Crippen molar-refractivity contribution in [2.75, 3.05) is 13.2 Å². The molecule has 0 aromatic heterocycles. The smallest absolute Gasteiger partial charge is 0.244 e. The van der Waals surface area contributed by atoms with E-state index in [1.54, 1.807) is 12.1 Å². The van der Waals surface area contributed by atoms with E-state index in [0.29, 0.717) is 19.5 Å². The molecule has 0 radical (unpaired) electrons. The lowest BCUT2D eigenvalue weighted by Crippen LogP contribution is -2.45. The van der Waals surface area contributed by atoms with Gasteiger partial charge in [-0.2, -0.15) is 4.31 Å². The van der Waals surface area contributed by atoms with Crippen LogP contribution in [0.1, 0.15) is 24.8 Å². The van der Waals surface area contributed by atoms with E-state index in [4.69, 9.17) is 17.3 Å². The van der Waals surface area contributed by atoms with Crippen molar-refractivity contribution in [2.24, 2.45) is 5.73 Å². The highest BCUT2D eigenvalue weighted by Gasteiger charge is 2.34. The first-order valence-corrected chi connectivity index (χ1v) is 8.43. The summed E-state index contributed by atoms with van der Waals surface area (Å²) in [6, 6.07) is 4.37. The lowest BCUT2D eigenvalue weighted by Gasteiger charge is -2.33. The van der Waals surface area contributed by atoms with Crippen LogP contribution in [0.25, 0.3) is 0 Å². The van der Waals surface area contributed by atoms with Crippen LogP contribution in [0.2, 0.25) is 5.02 Å². The van der Waals surface area contributed by atoms with Gasteiger partial charge >= 0.3 is 0 Å². The highest BCUT2D eigenvalue weighted by molar-refractivity contribution is 7.89. The second-order valence-electron chi connectivity index (χ2n) is 4.92. The Labute approximate surface area is 124 Å². The number of hydrogen-bond acceptors (Lipinski definition) is 4. The van der Waals surface area contributed by atoms with Crippen molar-refractivity contribution in [3.63, 3.8) is 0 Å². The molecule has 2 rings (SSSR count). The van der Waals surface area contributed by atoms with Crippen molar-refractivity contribution in [2.45, 2.75) is 36.7 Å². The van der Waals surface area contributed by atoms with Gasteiger partial charge in [0.2, 0.25) is 10.0 Å². The lowest BCUT2D eigenvalue weighted by atomic mass is 10.1. The van der Waals surface area contributed by atoms with Crippen molar-refractivity contribution in [1.82, 2.24) is 4.31 Å². The second-order valence-corrected chi connectivity index (χ2v) is 7.18. The highest BCUT2D eigenvalue weighted by Crippen LogP contribution is 2.30. The largest absolute Gasteiger partial charge is 0.395 e. The molecule has 1 aliphatic heterocycles. The van der Waals surface area contributed by atoms with Crippen LogP contribution in [0, 0.1) is 0 Å². The zero-order valence-electron chi connectivity index (χ0n) is 11.1. The molecule has 112 valence electrons. The Morgan fingerprint density at radius 1 is 1.40 bits per heavy atom. The van der Waals surface area contributed by atoms with E-state index >= 15 is 0 Å². The molecule has 0 spiro atoms. The first-order chi connectivity index (χ1) is 9.50. The molecule has 1 unspecified atom stereocenters. The summed E-state index contributed by atoms with van der Waals surface area (Å²) in [5.74, 6) is 0. The summed E-state index contributed by atoms with van der Waals surface area (Å²) in [5.41, 5.74) is 6.30.